The Morgan fingerprint density at radius 1 is 1.04 bits per heavy atom. The molecule has 24 heavy (non-hydrogen) atoms. The third-order valence-electron chi connectivity index (χ3n) is 3.63. The maximum Gasteiger partial charge on any atom is 0.374 e. The summed E-state index contributed by atoms with van der Waals surface area (Å²) in [5, 5.41) is 0.413. The Bertz CT molecular complexity index is 938. The van der Waals surface area contributed by atoms with Gasteiger partial charge in [-0.05, 0) is 42.3 Å². The predicted molar refractivity (Wildman–Crippen MR) is 90.4 cm³/mol. The van der Waals surface area contributed by atoms with Crippen LogP contribution in [0.5, 0.6) is 5.75 Å². The number of ether oxygens (including phenoxy) is 2. The van der Waals surface area contributed by atoms with Crippen LogP contribution in [0.2, 0.25) is 0 Å². The van der Waals surface area contributed by atoms with E-state index in [0.717, 1.165) is 22.9 Å². The lowest BCUT2D eigenvalue weighted by atomic mass is 10.0. The van der Waals surface area contributed by atoms with Crippen molar-refractivity contribution in [2.24, 2.45) is 0 Å². The van der Waals surface area contributed by atoms with Crippen molar-refractivity contribution < 1.29 is 18.7 Å². The standard InChI is InChI=1S/C19H16O5/c1-3-23-19(21)18-11-16(20)15-10-13(6-9-17(15)24-18)12-4-7-14(22-2)8-5-12/h4-11H,3H2,1-2H3. The first-order chi connectivity index (χ1) is 11.6. The van der Waals surface area contributed by atoms with Crippen molar-refractivity contribution in [3.8, 4) is 16.9 Å². The van der Waals surface area contributed by atoms with Crippen LogP contribution in [0, 0.1) is 0 Å². The molecule has 0 atom stereocenters. The number of benzene rings is 2. The van der Waals surface area contributed by atoms with Gasteiger partial charge in [-0.2, -0.15) is 0 Å². The Hall–Kier alpha value is -3.08. The predicted octanol–water partition coefficient (Wildman–Crippen LogP) is 3.65. The zero-order valence-electron chi connectivity index (χ0n) is 13.4. The van der Waals surface area contributed by atoms with Crippen LogP contribution in [0.3, 0.4) is 0 Å². The molecular formula is C19H16O5. The number of hydrogen-bond donors (Lipinski definition) is 0. The van der Waals surface area contributed by atoms with E-state index >= 15 is 0 Å². The van der Waals surface area contributed by atoms with Crippen molar-refractivity contribution in [1.82, 2.24) is 0 Å². The summed E-state index contributed by atoms with van der Waals surface area (Å²) in [6.07, 6.45) is 0. The smallest absolute Gasteiger partial charge is 0.374 e. The Kier molecular flexibility index (Phi) is 4.33. The van der Waals surface area contributed by atoms with Crippen molar-refractivity contribution in [2.75, 3.05) is 13.7 Å². The Balaban J connectivity index is 2.05. The Morgan fingerprint density at radius 2 is 1.75 bits per heavy atom. The fourth-order valence-corrected chi connectivity index (χ4v) is 2.42. The first-order valence-corrected chi connectivity index (χ1v) is 7.52. The number of carbonyl (C=O) groups is 1. The molecule has 1 heterocycles. The first-order valence-electron chi connectivity index (χ1n) is 7.52. The van der Waals surface area contributed by atoms with Crippen LogP contribution in [0.15, 0.2) is 57.7 Å². The Morgan fingerprint density at radius 3 is 2.42 bits per heavy atom. The highest BCUT2D eigenvalue weighted by molar-refractivity contribution is 5.90. The van der Waals surface area contributed by atoms with Gasteiger partial charge in [-0.1, -0.05) is 18.2 Å². The number of rotatable bonds is 4. The molecule has 5 nitrogen and oxygen atoms in total. The molecule has 0 saturated heterocycles. The number of esters is 1. The van der Waals surface area contributed by atoms with Crippen LogP contribution < -0.4 is 10.2 Å². The summed E-state index contributed by atoms with van der Waals surface area (Å²) in [5.41, 5.74) is 1.89. The highest BCUT2D eigenvalue weighted by Crippen LogP contribution is 2.25. The molecule has 122 valence electrons. The summed E-state index contributed by atoms with van der Waals surface area (Å²) in [7, 11) is 1.61. The van der Waals surface area contributed by atoms with Gasteiger partial charge in [0.2, 0.25) is 5.76 Å². The second-order valence-electron chi connectivity index (χ2n) is 5.13. The van der Waals surface area contributed by atoms with Gasteiger partial charge in [0.15, 0.2) is 5.43 Å². The second kappa shape index (κ2) is 6.58. The molecule has 0 radical (unpaired) electrons. The summed E-state index contributed by atoms with van der Waals surface area (Å²) in [6.45, 7) is 1.91. The lowest BCUT2D eigenvalue weighted by Gasteiger charge is -2.06. The number of hydrogen-bond acceptors (Lipinski definition) is 5. The fraction of sp³-hybridized carbons (Fsp3) is 0.158. The number of carbonyl (C=O) groups excluding carboxylic acids is 1. The highest BCUT2D eigenvalue weighted by Gasteiger charge is 2.13. The molecule has 0 N–H and O–H groups in total. The normalized spacial score (nSPS) is 10.6. The molecule has 5 heteroatoms. The van der Waals surface area contributed by atoms with Crippen LogP contribution in [0.4, 0.5) is 0 Å². The topological polar surface area (TPSA) is 65.7 Å². The fourth-order valence-electron chi connectivity index (χ4n) is 2.42. The zero-order valence-corrected chi connectivity index (χ0v) is 13.4. The third-order valence-corrected chi connectivity index (χ3v) is 3.63. The quantitative estimate of drug-likeness (QED) is 0.685. The van der Waals surface area contributed by atoms with E-state index in [9.17, 15) is 9.59 Å². The van der Waals surface area contributed by atoms with E-state index in [1.807, 2.05) is 30.3 Å². The van der Waals surface area contributed by atoms with Gasteiger partial charge in [-0.3, -0.25) is 4.79 Å². The van der Waals surface area contributed by atoms with Gasteiger partial charge in [0.1, 0.15) is 11.3 Å². The highest BCUT2D eigenvalue weighted by atomic mass is 16.5. The van der Waals surface area contributed by atoms with Crippen LogP contribution in [-0.4, -0.2) is 19.7 Å². The molecule has 0 aliphatic rings. The molecule has 0 amide bonds. The SMILES string of the molecule is CCOC(=O)c1cc(=O)c2cc(-c3ccc(OC)cc3)ccc2o1. The van der Waals surface area contributed by atoms with E-state index in [4.69, 9.17) is 13.9 Å². The molecule has 0 aliphatic carbocycles. The van der Waals surface area contributed by atoms with Crippen LogP contribution >= 0.6 is 0 Å². The van der Waals surface area contributed by atoms with Crippen molar-refractivity contribution in [3.63, 3.8) is 0 Å². The molecule has 3 rings (SSSR count). The van der Waals surface area contributed by atoms with Gasteiger partial charge in [0.25, 0.3) is 0 Å². The summed E-state index contributed by atoms with van der Waals surface area (Å²) in [5.74, 6) is 0.0282. The molecule has 0 aliphatic heterocycles. The molecule has 0 unspecified atom stereocenters. The summed E-state index contributed by atoms with van der Waals surface area (Å²) in [6, 6.07) is 14.0. The molecule has 0 fully saturated rings. The summed E-state index contributed by atoms with van der Waals surface area (Å²) < 4.78 is 15.5. The van der Waals surface area contributed by atoms with Gasteiger partial charge in [-0.25, -0.2) is 4.79 Å². The van der Waals surface area contributed by atoms with E-state index in [0.29, 0.717) is 11.0 Å². The lowest BCUT2D eigenvalue weighted by Crippen LogP contribution is -2.10. The van der Waals surface area contributed by atoms with Gasteiger partial charge in [0, 0.05) is 6.07 Å². The van der Waals surface area contributed by atoms with E-state index < -0.39 is 5.97 Å². The second-order valence-corrected chi connectivity index (χ2v) is 5.13. The first kappa shape index (κ1) is 15.8. The van der Waals surface area contributed by atoms with Crippen molar-refractivity contribution >= 4 is 16.9 Å². The monoisotopic (exact) mass is 324 g/mol. The molecule has 0 spiro atoms. The van der Waals surface area contributed by atoms with Crippen molar-refractivity contribution in [3.05, 3.63) is 64.5 Å². The average molecular weight is 324 g/mol. The molecule has 2 aromatic carbocycles. The maximum absolute atomic E-state index is 12.3. The van der Waals surface area contributed by atoms with E-state index in [1.165, 1.54) is 0 Å². The van der Waals surface area contributed by atoms with E-state index in [-0.39, 0.29) is 17.8 Å². The molecular weight excluding hydrogens is 308 g/mol. The van der Waals surface area contributed by atoms with Gasteiger partial charge >= 0.3 is 5.97 Å². The number of methoxy groups -OCH3 is 1. The maximum atomic E-state index is 12.3. The van der Waals surface area contributed by atoms with Gasteiger partial charge < -0.3 is 13.9 Å². The molecule has 0 saturated carbocycles. The van der Waals surface area contributed by atoms with Crippen molar-refractivity contribution in [1.29, 1.82) is 0 Å². The Labute approximate surface area is 138 Å². The largest absolute Gasteiger partial charge is 0.497 e. The van der Waals surface area contributed by atoms with Crippen LogP contribution in [-0.2, 0) is 4.74 Å². The van der Waals surface area contributed by atoms with Gasteiger partial charge in [-0.15, -0.1) is 0 Å². The minimum Gasteiger partial charge on any atom is -0.497 e. The van der Waals surface area contributed by atoms with Gasteiger partial charge in [0.05, 0.1) is 19.1 Å². The van der Waals surface area contributed by atoms with E-state index in [2.05, 4.69) is 0 Å². The van der Waals surface area contributed by atoms with Crippen molar-refractivity contribution in [2.45, 2.75) is 6.92 Å². The average Bonchev–Trinajstić information content (AvgIpc) is 2.61. The summed E-state index contributed by atoms with van der Waals surface area (Å²) in [4.78, 5) is 24.0. The lowest BCUT2D eigenvalue weighted by molar-refractivity contribution is 0.0490. The minimum absolute atomic E-state index is 0.0912. The van der Waals surface area contributed by atoms with Crippen LogP contribution in [0.25, 0.3) is 22.1 Å². The molecule has 1 aromatic heterocycles. The zero-order chi connectivity index (χ0) is 17.1. The number of fused-ring (bicyclic) bond motifs is 1. The van der Waals surface area contributed by atoms with Crippen LogP contribution in [0.1, 0.15) is 17.5 Å². The summed E-state index contributed by atoms with van der Waals surface area (Å²) >= 11 is 0. The van der Waals surface area contributed by atoms with E-state index in [1.54, 1.807) is 26.2 Å². The minimum atomic E-state index is -0.643. The third kappa shape index (κ3) is 3.01. The molecule has 0 bridgehead atoms. The molecule has 3 aromatic rings.